The molecule has 0 aliphatic heterocycles. The van der Waals surface area contributed by atoms with E-state index in [0.717, 1.165) is 12.5 Å². The van der Waals surface area contributed by atoms with Crippen molar-refractivity contribution < 1.29 is 9.90 Å². The van der Waals surface area contributed by atoms with Crippen LogP contribution in [-0.2, 0) is 4.79 Å². The number of benzene rings is 2. The van der Waals surface area contributed by atoms with E-state index >= 15 is 0 Å². The highest BCUT2D eigenvalue weighted by Crippen LogP contribution is 2.22. The summed E-state index contributed by atoms with van der Waals surface area (Å²) in [6.45, 7) is 1.56. The molecule has 18 heavy (non-hydrogen) atoms. The van der Waals surface area contributed by atoms with E-state index < -0.39 is 5.97 Å². The summed E-state index contributed by atoms with van der Waals surface area (Å²) in [6, 6.07) is 14.3. The summed E-state index contributed by atoms with van der Waals surface area (Å²) in [5, 5.41) is 9.84. The van der Waals surface area contributed by atoms with Gasteiger partial charge in [0.05, 0.1) is 0 Å². The van der Waals surface area contributed by atoms with Crippen LogP contribution < -0.4 is 11.5 Å². The summed E-state index contributed by atoms with van der Waals surface area (Å²) >= 11 is 0. The third kappa shape index (κ3) is 3.84. The van der Waals surface area contributed by atoms with Crippen molar-refractivity contribution in [3.8, 4) is 0 Å². The van der Waals surface area contributed by atoms with E-state index in [0.29, 0.717) is 6.54 Å². The van der Waals surface area contributed by atoms with Crippen LogP contribution in [0, 0.1) is 0 Å². The Bertz CT molecular complexity index is 517. The predicted molar refractivity (Wildman–Crippen MR) is 73.2 cm³/mol. The molecule has 2 aromatic carbocycles. The smallest absolute Gasteiger partial charge is 0.300 e. The number of hydrogen-bond acceptors (Lipinski definition) is 3. The molecule has 4 nitrogen and oxygen atoms in total. The van der Waals surface area contributed by atoms with Gasteiger partial charge in [0.15, 0.2) is 0 Å². The van der Waals surface area contributed by atoms with Gasteiger partial charge in [-0.05, 0) is 16.3 Å². The van der Waals surface area contributed by atoms with E-state index in [1.54, 1.807) is 0 Å². The Balaban J connectivity index is 0.000000357. The minimum absolute atomic E-state index is 0.0684. The molecule has 1 atom stereocenters. The Hall–Kier alpha value is -1.91. The molecule has 0 saturated heterocycles. The van der Waals surface area contributed by atoms with Gasteiger partial charge in [-0.15, -0.1) is 0 Å². The summed E-state index contributed by atoms with van der Waals surface area (Å²) in [5.74, 6) is -0.833. The Morgan fingerprint density at radius 1 is 1.22 bits per heavy atom. The molecule has 0 aliphatic rings. The van der Waals surface area contributed by atoms with Gasteiger partial charge in [-0.2, -0.15) is 0 Å². The quantitative estimate of drug-likeness (QED) is 0.754. The normalized spacial score (nSPS) is 11.5. The molecule has 2 rings (SSSR count). The van der Waals surface area contributed by atoms with Gasteiger partial charge >= 0.3 is 0 Å². The first-order valence-corrected chi connectivity index (χ1v) is 5.69. The average molecular weight is 246 g/mol. The highest BCUT2D eigenvalue weighted by Gasteiger charge is 2.06. The van der Waals surface area contributed by atoms with Crippen molar-refractivity contribution in [1.82, 2.24) is 0 Å². The van der Waals surface area contributed by atoms with Crippen molar-refractivity contribution in [2.45, 2.75) is 13.0 Å². The second-order valence-corrected chi connectivity index (χ2v) is 3.93. The summed E-state index contributed by atoms with van der Waals surface area (Å²) in [4.78, 5) is 9.00. The lowest BCUT2D eigenvalue weighted by atomic mass is 9.99. The number of carbonyl (C=O) groups is 1. The molecule has 4 heteroatoms. The highest BCUT2D eigenvalue weighted by molar-refractivity contribution is 5.86. The second kappa shape index (κ2) is 6.74. The van der Waals surface area contributed by atoms with E-state index in [2.05, 4.69) is 18.2 Å². The second-order valence-electron chi connectivity index (χ2n) is 3.93. The molecule has 0 amide bonds. The van der Waals surface area contributed by atoms with Crippen molar-refractivity contribution in [2.24, 2.45) is 11.5 Å². The number of hydrogen-bond donors (Lipinski definition) is 3. The lowest BCUT2D eigenvalue weighted by molar-refractivity contribution is -0.134. The van der Waals surface area contributed by atoms with Gasteiger partial charge in [-0.3, -0.25) is 4.79 Å². The van der Waals surface area contributed by atoms with Crippen molar-refractivity contribution >= 4 is 16.7 Å². The van der Waals surface area contributed by atoms with Crippen LogP contribution in [0.25, 0.3) is 10.8 Å². The third-order valence-electron chi connectivity index (χ3n) is 2.48. The van der Waals surface area contributed by atoms with Crippen molar-refractivity contribution in [3.63, 3.8) is 0 Å². The van der Waals surface area contributed by atoms with Crippen molar-refractivity contribution in [3.05, 3.63) is 48.0 Å². The molecule has 2 aromatic rings. The molecule has 0 spiro atoms. The van der Waals surface area contributed by atoms with Crippen molar-refractivity contribution in [1.29, 1.82) is 0 Å². The van der Waals surface area contributed by atoms with Crippen LogP contribution in [0.4, 0.5) is 0 Å². The molecule has 0 aromatic heterocycles. The Morgan fingerprint density at radius 3 is 2.39 bits per heavy atom. The fourth-order valence-electron chi connectivity index (χ4n) is 1.70. The van der Waals surface area contributed by atoms with Gasteiger partial charge in [-0.1, -0.05) is 42.5 Å². The summed E-state index contributed by atoms with van der Waals surface area (Å²) in [6.07, 6.45) is 0. The molecular formula is C14H18N2O2. The third-order valence-corrected chi connectivity index (χ3v) is 2.48. The molecule has 0 fully saturated rings. The first kappa shape index (κ1) is 14.2. The predicted octanol–water partition coefficient (Wildman–Crippen LogP) is 1.89. The fraction of sp³-hybridized carbons (Fsp3) is 0.214. The number of rotatable bonds is 2. The molecular weight excluding hydrogens is 228 g/mol. The van der Waals surface area contributed by atoms with Gasteiger partial charge in [0.25, 0.3) is 5.97 Å². The van der Waals surface area contributed by atoms with Crippen LogP contribution in [0.2, 0.25) is 0 Å². The maximum atomic E-state index is 9.00. The zero-order valence-electron chi connectivity index (χ0n) is 10.3. The lowest BCUT2D eigenvalue weighted by Crippen LogP contribution is -2.20. The molecule has 0 aliphatic carbocycles. The SMILES string of the molecule is CC(=O)O.NCC(N)c1cccc2ccccc12. The number of fused-ring (bicyclic) bond motifs is 1. The van der Waals surface area contributed by atoms with Gasteiger partial charge in [-0.25, -0.2) is 0 Å². The van der Waals surface area contributed by atoms with E-state index in [1.807, 2.05) is 24.3 Å². The van der Waals surface area contributed by atoms with Crippen LogP contribution in [0.5, 0.6) is 0 Å². The van der Waals surface area contributed by atoms with Crippen LogP contribution in [0.1, 0.15) is 18.5 Å². The van der Waals surface area contributed by atoms with E-state index in [9.17, 15) is 0 Å². The number of carboxylic acid groups (broad SMARTS) is 1. The molecule has 5 N–H and O–H groups in total. The van der Waals surface area contributed by atoms with Gasteiger partial charge in [0, 0.05) is 19.5 Å². The first-order valence-electron chi connectivity index (χ1n) is 5.69. The van der Waals surface area contributed by atoms with E-state index in [-0.39, 0.29) is 6.04 Å². The minimum atomic E-state index is -0.833. The minimum Gasteiger partial charge on any atom is -0.481 e. The molecule has 0 heterocycles. The summed E-state index contributed by atoms with van der Waals surface area (Å²) in [5.41, 5.74) is 12.6. The van der Waals surface area contributed by atoms with Gasteiger partial charge < -0.3 is 16.6 Å². The van der Waals surface area contributed by atoms with Crippen molar-refractivity contribution in [2.75, 3.05) is 6.54 Å². The topological polar surface area (TPSA) is 89.3 Å². The zero-order chi connectivity index (χ0) is 13.5. The Kier molecular flexibility index (Phi) is 5.30. The molecule has 0 bridgehead atoms. The lowest BCUT2D eigenvalue weighted by Gasteiger charge is -2.12. The van der Waals surface area contributed by atoms with Crippen LogP contribution >= 0.6 is 0 Å². The fourth-order valence-corrected chi connectivity index (χ4v) is 1.70. The van der Waals surface area contributed by atoms with Gasteiger partial charge in [0.1, 0.15) is 0 Å². The molecule has 0 saturated carbocycles. The van der Waals surface area contributed by atoms with Crippen LogP contribution in [0.3, 0.4) is 0 Å². The Labute approximate surface area is 106 Å². The molecule has 1 unspecified atom stereocenters. The largest absolute Gasteiger partial charge is 0.481 e. The summed E-state index contributed by atoms with van der Waals surface area (Å²) < 4.78 is 0. The maximum Gasteiger partial charge on any atom is 0.300 e. The number of carboxylic acids is 1. The molecule has 96 valence electrons. The average Bonchev–Trinajstić information content (AvgIpc) is 2.36. The standard InChI is InChI=1S/C12H14N2.C2H4O2/c13-8-12(14)11-7-3-5-9-4-1-2-6-10(9)11;1-2(3)4/h1-7,12H,8,13-14H2;1H3,(H,3,4). The highest BCUT2D eigenvalue weighted by atomic mass is 16.4. The monoisotopic (exact) mass is 246 g/mol. The molecule has 0 radical (unpaired) electrons. The first-order chi connectivity index (χ1) is 8.56. The van der Waals surface area contributed by atoms with Crippen LogP contribution in [-0.4, -0.2) is 17.6 Å². The van der Waals surface area contributed by atoms with E-state index in [1.165, 1.54) is 10.8 Å². The van der Waals surface area contributed by atoms with Crippen LogP contribution in [0.15, 0.2) is 42.5 Å². The Morgan fingerprint density at radius 2 is 1.78 bits per heavy atom. The zero-order valence-corrected chi connectivity index (χ0v) is 10.3. The number of nitrogens with two attached hydrogens (primary N) is 2. The maximum absolute atomic E-state index is 9.00. The van der Waals surface area contributed by atoms with E-state index in [4.69, 9.17) is 21.4 Å². The number of aliphatic carboxylic acids is 1. The summed E-state index contributed by atoms with van der Waals surface area (Å²) in [7, 11) is 0. The van der Waals surface area contributed by atoms with Gasteiger partial charge in [0.2, 0.25) is 0 Å².